The van der Waals surface area contributed by atoms with E-state index in [4.69, 9.17) is 4.74 Å². The molecular weight excluding hydrogens is 278 g/mol. The standard InChI is InChI=1S/C18H21NO3/c1-12-7-3-2-4-10-16(20)19-17-14-9-6-5-8-13(14)11-15(17)22-18(12)21/h2-3,5-6,8-9,12,15,17H,4,7,10-11H2,1H3,(H,19,20)/b3-2-/t12-,15-,17-/m1/s1. The lowest BCUT2D eigenvalue weighted by molar-refractivity contribution is -0.155. The van der Waals surface area contributed by atoms with Crippen LogP contribution in [0.4, 0.5) is 0 Å². The maximum Gasteiger partial charge on any atom is 0.309 e. The van der Waals surface area contributed by atoms with Gasteiger partial charge in [0.1, 0.15) is 6.10 Å². The van der Waals surface area contributed by atoms with Crippen LogP contribution in [0.3, 0.4) is 0 Å². The normalized spacial score (nSPS) is 30.1. The first kappa shape index (κ1) is 14.8. The minimum atomic E-state index is -0.306. The molecule has 1 N–H and O–H groups in total. The molecule has 0 unspecified atom stereocenters. The van der Waals surface area contributed by atoms with Crippen LogP contribution in [0.15, 0.2) is 36.4 Å². The number of rotatable bonds is 0. The minimum absolute atomic E-state index is 0.000948. The Labute approximate surface area is 130 Å². The Hall–Kier alpha value is -2.10. The topological polar surface area (TPSA) is 55.4 Å². The smallest absolute Gasteiger partial charge is 0.309 e. The van der Waals surface area contributed by atoms with Crippen LogP contribution in [0.2, 0.25) is 0 Å². The molecule has 22 heavy (non-hydrogen) atoms. The van der Waals surface area contributed by atoms with Gasteiger partial charge in [-0.15, -0.1) is 0 Å². The molecule has 0 bridgehead atoms. The summed E-state index contributed by atoms with van der Waals surface area (Å²) in [6.07, 6.45) is 6.10. The fraction of sp³-hybridized carbons (Fsp3) is 0.444. The van der Waals surface area contributed by atoms with Crippen molar-refractivity contribution < 1.29 is 14.3 Å². The Bertz CT molecular complexity index is 608. The fourth-order valence-corrected chi connectivity index (χ4v) is 3.08. The number of carbonyl (C=O) groups excluding carboxylic acids is 2. The van der Waals surface area contributed by atoms with Gasteiger partial charge in [0, 0.05) is 12.8 Å². The average Bonchev–Trinajstić information content (AvgIpc) is 2.83. The highest BCUT2D eigenvalue weighted by Crippen LogP contribution is 2.34. The number of esters is 1. The summed E-state index contributed by atoms with van der Waals surface area (Å²) in [6, 6.07) is 7.73. The highest BCUT2D eigenvalue weighted by molar-refractivity contribution is 5.77. The van der Waals surface area contributed by atoms with Crippen LogP contribution < -0.4 is 5.32 Å². The van der Waals surface area contributed by atoms with E-state index in [0.29, 0.717) is 25.7 Å². The van der Waals surface area contributed by atoms with E-state index in [-0.39, 0.29) is 29.9 Å². The van der Waals surface area contributed by atoms with Gasteiger partial charge in [0.2, 0.25) is 5.91 Å². The van der Waals surface area contributed by atoms with E-state index in [1.807, 2.05) is 43.3 Å². The summed E-state index contributed by atoms with van der Waals surface area (Å²) in [4.78, 5) is 24.3. The molecule has 0 saturated heterocycles. The average molecular weight is 299 g/mol. The third-order valence-corrected chi connectivity index (χ3v) is 4.36. The third kappa shape index (κ3) is 3.06. The maximum absolute atomic E-state index is 12.2. The molecule has 1 aromatic carbocycles. The van der Waals surface area contributed by atoms with Gasteiger partial charge in [0.25, 0.3) is 0 Å². The summed E-state index contributed by atoms with van der Waals surface area (Å²) in [6.45, 7) is 1.88. The van der Waals surface area contributed by atoms with Crippen LogP contribution >= 0.6 is 0 Å². The minimum Gasteiger partial charge on any atom is -0.459 e. The molecule has 116 valence electrons. The highest BCUT2D eigenvalue weighted by Gasteiger charge is 2.36. The Balaban J connectivity index is 1.87. The first-order chi connectivity index (χ1) is 10.6. The molecule has 2 aliphatic rings. The lowest BCUT2D eigenvalue weighted by atomic mass is 10.1. The molecule has 1 aliphatic carbocycles. The maximum atomic E-state index is 12.2. The van der Waals surface area contributed by atoms with Gasteiger partial charge in [0.05, 0.1) is 12.0 Å². The van der Waals surface area contributed by atoms with E-state index in [0.717, 1.165) is 11.1 Å². The Morgan fingerprint density at radius 1 is 1.18 bits per heavy atom. The van der Waals surface area contributed by atoms with Crippen LogP contribution in [-0.4, -0.2) is 18.0 Å². The van der Waals surface area contributed by atoms with Crippen molar-refractivity contribution in [2.75, 3.05) is 0 Å². The first-order valence-corrected chi connectivity index (χ1v) is 7.88. The Kier molecular flexibility index (Phi) is 4.27. The lowest BCUT2D eigenvalue weighted by Crippen LogP contribution is -2.37. The van der Waals surface area contributed by atoms with Gasteiger partial charge >= 0.3 is 5.97 Å². The lowest BCUT2D eigenvalue weighted by Gasteiger charge is -2.24. The zero-order valence-corrected chi connectivity index (χ0v) is 12.7. The number of fused-ring (bicyclic) bond motifs is 3. The molecule has 3 atom stereocenters. The molecule has 1 aliphatic heterocycles. The number of ether oxygens (including phenoxy) is 1. The Morgan fingerprint density at radius 2 is 2.00 bits per heavy atom. The molecule has 1 aromatic rings. The van der Waals surface area contributed by atoms with Gasteiger partial charge in [-0.1, -0.05) is 43.3 Å². The number of hydrogen-bond donors (Lipinski definition) is 1. The van der Waals surface area contributed by atoms with Crippen molar-refractivity contribution in [1.29, 1.82) is 0 Å². The van der Waals surface area contributed by atoms with Crippen LogP contribution in [0.5, 0.6) is 0 Å². The van der Waals surface area contributed by atoms with Crippen LogP contribution in [0, 0.1) is 5.92 Å². The largest absolute Gasteiger partial charge is 0.459 e. The zero-order chi connectivity index (χ0) is 15.5. The summed E-state index contributed by atoms with van der Waals surface area (Å²) >= 11 is 0. The second-order valence-corrected chi connectivity index (χ2v) is 6.07. The van der Waals surface area contributed by atoms with Gasteiger partial charge in [-0.3, -0.25) is 9.59 Å². The van der Waals surface area contributed by atoms with Crippen molar-refractivity contribution in [3.63, 3.8) is 0 Å². The number of benzene rings is 1. The van der Waals surface area contributed by atoms with Gasteiger partial charge in [0.15, 0.2) is 0 Å². The Morgan fingerprint density at radius 3 is 2.86 bits per heavy atom. The molecule has 0 saturated carbocycles. The monoisotopic (exact) mass is 299 g/mol. The second-order valence-electron chi connectivity index (χ2n) is 6.07. The van der Waals surface area contributed by atoms with Gasteiger partial charge in [-0.05, 0) is 24.0 Å². The number of allylic oxidation sites excluding steroid dienone is 2. The van der Waals surface area contributed by atoms with Crippen molar-refractivity contribution in [1.82, 2.24) is 5.32 Å². The summed E-state index contributed by atoms with van der Waals surface area (Å²) in [7, 11) is 0. The summed E-state index contributed by atoms with van der Waals surface area (Å²) in [5, 5.41) is 3.04. The van der Waals surface area contributed by atoms with Crippen LogP contribution in [0.1, 0.15) is 43.4 Å². The molecule has 0 spiro atoms. The molecule has 1 amide bonds. The van der Waals surface area contributed by atoms with E-state index >= 15 is 0 Å². The third-order valence-electron chi connectivity index (χ3n) is 4.36. The molecule has 0 radical (unpaired) electrons. The molecule has 0 aromatic heterocycles. The number of carbonyl (C=O) groups is 2. The van der Waals surface area contributed by atoms with E-state index < -0.39 is 0 Å². The number of hydrogen-bond acceptors (Lipinski definition) is 3. The molecule has 4 nitrogen and oxygen atoms in total. The van der Waals surface area contributed by atoms with Crippen molar-refractivity contribution in [3.8, 4) is 0 Å². The van der Waals surface area contributed by atoms with Gasteiger partial charge in [-0.2, -0.15) is 0 Å². The fourth-order valence-electron chi connectivity index (χ4n) is 3.08. The number of amides is 1. The highest BCUT2D eigenvalue weighted by atomic mass is 16.5. The van der Waals surface area contributed by atoms with Crippen LogP contribution in [-0.2, 0) is 20.7 Å². The quantitative estimate of drug-likeness (QED) is 0.592. The number of nitrogens with one attached hydrogen (secondary N) is 1. The van der Waals surface area contributed by atoms with Crippen molar-refractivity contribution in [2.45, 2.75) is 44.8 Å². The van der Waals surface area contributed by atoms with Crippen molar-refractivity contribution >= 4 is 11.9 Å². The second kappa shape index (κ2) is 6.34. The van der Waals surface area contributed by atoms with Crippen molar-refractivity contribution in [3.05, 3.63) is 47.5 Å². The van der Waals surface area contributed by atoms with Crippen molar-refractivity contribution in [2.24, 2.45) is 5.92 Å². The van der Waals surface area contributed by atoms with E-state index in [1.54, 1.807) is 0 Å². The molecular formula is C18H21NO3. The molecule has 1 heterocycles. The van der Waals surface area contributed by atoms with E-state index in [9.17, 15) is 9.59 Å². The summed E-state index contributed by atoms with van der Waals surface area (Å²) in [5.74, 6) is -0.348. The molecule has 4 heteroatoms. The zero-order valence-electron chi connectivity index (χ0n) is 12.7. The summed E-state index contributed by atoms with van der Waals surface area (Å²) in [5.41, 5.74) is 2.21. The van der Waals surface area contributed by atoms with E-state index in [2.05, 4.69) is 5.32 Å². The SMILES string of the molecule is C[C@@H]1C/C=C\CCC(=O)N[C@@H]2c3ccccc3C[C@H]2OC1=O. The molecule has 3 rings (SSSR count). The van der Waals surface area contributed by atoms with Crippen LogP contribution in [0.25, 0.3) is 0 Å². The first-order valence-electron chi connectivity index (χ1n) is 7.88. The van der Waals surface area contributed by atoms with Gasteiger partial charge < -0.3 is 10.1 Å². The summed E-state index contributed by atoms with van der Waals surface area (Å²) < 4.78 is 5.70. The molecule has 0 fully saturated rings. The predicted octanol–water partition coefficient (Wildman–Crippen LogP) is 2.69. The predicted molar refractivity (Wildman–Crippen MR) is 83.1 cm³/mol. The van der Waals surface area contributed by atoms with E-state index in [1.165, 1.54) is 0 Å². The van der Waals surface area contributed by atoms with Gasteiger partial charge in [-0.25, -0.2) is 0 Å².